The molecule has 6 heteroatoms. The van der Waals surface area contributed by atoms with Gasteiger partial charge in [0.05, 0.1) is 11.5 Å². The maximum Gasteiger partial charge on any atom is 0.306 e. The lowest BCUT2D eigenvalue weighted by atomic mass is 9.99. The predicted molar refractivity (Wildman–Crippen MR) is 127 cm³/mol. The van der Waals surface area contributed by atoms with E-state index in [9.17, 15) is 4.79 Å². The molecule has 0 spiro atoms. The number of carbonyl (C=O) groups excluding carboxylic acids is 1. The number of ether oxygens (including phenoxy) is 2. The van der Waals surface area contributed by atoms with Gasteiger partial charge in [-0.1, -0.05) is 48.9 Å². The number of esters is 1. The minimum absolute atomic E-state index is 0.168. The van der Waals surface area contributed by atoms with E-state index in [0.29, 0.717) is 31.2 Å². The normalized spacial score (nSPS) is 10.9. The standard InChI is InChI=1S/C25H28ClNO3S/c1-5-18-7-9-20(10-8-18)24-21(25(26)27-31-24)15-30-22-13-11-19(16(3)17(22)4)12-14-23(28)29-6-2/h7-11,13H,5-6,12,14-15H2,1-4H3. The van der Waals surface area contributed by atoms with Crippen molar-refractivity contribution in [3.63, 3.8) is 0 Å². The summed E-state index contributed by atoms with van der Waals surface area (Å²) in [4.78, 5) is 12.7. The van der Waals surface area contributed by atoms with Crippen molar-refractivity contribution in [2.75, 3.05) is 6.61 Å². The first-order valence-electron chi connectivity index (χ1n) is 10.5. The van der Waals surface area contributed by atoms with E-state index < -0.39 is 0 Å². The Bertz CT molecular complexity index is 1040. The van der Waals surface area contributed by atoms with Crippen LogP contribution in [0.15, 0.2) is 36.4 Å². The molecule has 0 aliphatic heterocycles. The number of carbonyl (C=O) groups is 1. The van der Waals surface area contributed by atoms with Crippen molar-refractivity contribution in [2.24, 2.45) is 0 Å². The largest absolute Gasteiger partial charge is 0.488 e. The van der Waals surface area contributed by atoms with E-state index in [1.165, 1.54) is 17.1 Å². The molecule has 3 rings (SSSR count). The molecule has 3 aromatic rings. The summed E-state index contributed by atoms with van der Waals surface area (Å²) >= 11 is 7.78. The van der Waals surface area contributed by atoms with Crippen LogP contribution in [-0.4, -0.2) is 16.9 Å². The molecule has 0 aliphatic rings. The van der Waals surface area contributed by atoms with Crippen LogP contribution < -0.4 is 4.74 Å². The Morgan fingerprint density at radius 3 is 2.48 bits per heavy atom. The molecule has 0 amide bonds. The van der Waals surface area contributed by atoms with Crippen molar-refractivity contribution in [3.8, 4) is 16.2 Å². The number of halogens is 1. The van der Waals surface area contributed by atoms with Crippen LogP contribution in [0.5, 0.6) is 5.75 Å². The molecule has 0 fully saturated rings. The van der Waals surface area contributed by atoms with Gasteiger partial charge in [-0.2, -0.15) is 4.37 Å². The molecule has 31 heavy (non-hydrogen) atoms. The van der Waals surface area contributed by atoms with Gasteiger partial charge in [0.2, 0.25) is 0 Å². The summed E-state index contributed by atoms with van der Waals surface area (Å²) in [5.74, 6) is 0.644. The van der Waals surface area contributed by atoms with Crippen molar-refractivity contribution in [2.45, 2.75) is 53.6 Å². The van der Waals surface area contributed by atoms with Gasteiger partial charge < -0.3 is 9.47 Å². The van der Waals surface area contributed by atoms with E-state index in [4.69, 9.17) is 21.1 Å². The minimum atomic E-state index is -0.168. The number of benzene rings is 2. The lowest BCUT2D eigenvalue weighted by Gasteiger charge is -2.15. The summed E-state index contributed by atoms with van der Waals surface area (Å²) in [6.07, 6.45) is 2.04. The summed E-state index contributed by atoms with van der Waals surface area (Å²) in [7, 11) is 0. The second-order valence-electron chi connectivity index (χ2n) is 7.40. The Hall–Kier alpha value is -2.37. The molecule has 4 nitrogen and oxygen atoms in total. The van der Waals surface area contributed by atoms with E-state index in [0.717, 1.165) is 44.9 Å². The molecule has 0 atom stereocenters. The van der Waals surface area contributed by atoms with E-state index in [-0.39, 0.29) is 5.97 Å². The zero-order chi connectivity index (χ0) is 22.4. The summed E-state index contributed by atoms with van der Waals surface area (Å²) in [5, 5.41) is 0.486. The SMILES string of the molecule is CCOC(=O)CCc1ccc(OCc2c(Cl)nsc2-c2ccc(CC)cc2)c(C)c1C. The van der Waals surface area contributed by atoms with Gasteiger partial charge in [-0.15, -0.1) is 0 Å². The Morgan fingerprint density at radius 2 is 1.81 bits per heavy atom. The highest BCUT2D eigenvalue weighted by atomic mass is 35.5. The van der Waals surface area contributed by atoms with Gasteiger partial charge in [-0.25, -0.2) is 0 Å². The summed E-state index contributed by atoms with van der Waals surface area (Å²) in [5.41, 5.74) is 6.62. The van der Waals surface area contributed by atoms with Gasteiger partial charge in [0.1, 0.15) is 17.5 Å². The van der Waals surface area contributed by atoms with Crippen molar-refractivity contribution in [1.82, 2.24) is 4.37 Å². The molecule has 1 heterocycles. The lowest BCUT2D eigenvalue weighted by Crippen LogP contribution is -2.06. The number of aromatic nitrogens is 1. The molecule has 0 unspecified atom stereocenters. The molecular weight excluding hydrogens is 430 g/mol. The molecule has 0 aliphatic carbocycles. The van der Waals surface area contributed by atoms with Crippen LogP contribution in [0, 0.1) is 13.8 Å². The van der Waals surface area contributed by atoms with Crippen LogP contribution >= 0.6 is 23.1 Å². The van der Waals surface area contributed by atoms with Crippen LogP contribution in [-0.2, 0) is 29.0 Å². The predicted octanol–water partition coefficient (Wildman–Crippen LogP) is 6.72. The molecule has 1 aromatic heterocycles. The summed E-state index contributed by atoms with van der Waals surface area (Å²) in [6.45, 7) is 8.82. The van der Waals surface area contributed by atoms with Gasteiger partial charge in [-0.05, 0) is 79.0 Å². The van der Waals surface area contributed by atoms with Crippen LogP contribution in [0.1, 0.15) is 48.1 Å². The minimum Gasteiger partial charge on any atom is -0.488 e. The number of rotatable bonds is 9. The molecule has 164 valence electrons. The second kappa shape index (κ2) is 10.8. The summed E-state index contributed by atoms with van der Waals surface area (Å²) in [6, 6.07) is 12.5. The quantitative estimate of drug-likeness (QED) is 0.335. The van der Waals surface area contributed by atoms with Gasteiger partial charge in [0.15, 0.2) is 0 Å². The molecule has 0 N–H and O–H groups in total. The van der Waals surface area contributed by atoms with E-state index in [2.05, 4.69) is 42.5 Å². The fourth-order valence-corrected chi connectivity index (χ4v) is 4.53. The summed E-state index contributed by atoms with van der Waals surface area (Å²) < 4.78 is 15.5. The molecule has 0 saturated carbocycles. The second-order valence-corrected chi connectivity index (χ2v) is 8.53. The molecule has 0 bridgehead atoms. The number of hydrogen-bond acceptors (Lipinski definition) is 5. The maximum atomic E-state index is 11.7. The molecule has 2 aromatic carbocycles. The fourth-order valence-electron chi connectivity index (χ4n) is 3.43. The van der Waals surface area contributed by atoms with Crippen molar-refractivity contribution >= 4 is 29.1 Å². The molecular formula is C25H28ClNO3S. The third-order valence-electron chi connectivity index (χ3n) is 5.49. The Labute approximate surface area is 193 Å². The smallest absolute Gasteiger partial charge is 0.306 e. The lowest BCUT2D eigenvalue weighted by molar-refractivity contribution is -0.143. The highest BCUT2D eigenvalue weighted by Gasteiger charge is 2.16. The first-order valence-corrected chi connectivity index (χ1v) is 11.7. The van der Waals surface area contributed by atoms with Gasteiger partial charge >= 0.3 is 5.97 Å². The zero-order valence-electron chi connectivity index (χ0n) is 18.5. The van der Waals surface area contributed by atoms with E-state index >= 15 is 0 Å². The van der Waals surface area contributed by atoms with Gasteiger partial charge in [-0.3, -0.25) is 4.79 Å². The van der Waals surface area contributed by atoms with Crippen LogP contribution in [0.3, 0.4) is 0 Å². The molecule has 0 radical (unpaired) electrons. The third kappa shape index (κ3) is 5.66. The Kier molecular flexibility index (Phi) is 8.10. The van der Waals surface area contributed by atoms with Crippen molar-refractivity contribution in [3.05, 3.63) is 69.4 Å². The van der Waals surface area contributed by atoms with Crippen LogP contribution in [0.2, 0.25) is 5.15 Å². The number of aryl methyl sites for hydroxylation is 2. The highest BCUT2D eigenvalue weighted by Crippen LogP contribution is 2.35. The Balaban J connectivity index is 1.73. The van der Waals surface area contributed by atoms with Crippen LogP contribution in [0.4, 0.5) is 0 Å². The van der Waals surface area contributed by atoms with E-state index in [1.807, 2.05) is 26.0 Å². The number of hydrogen-bond donors (Lipinski definition) is 0. The first kappa shape index (κ1) is 23.3. The zero-order valence-corrected chi connectivity index (χ0v) is 20.0. The average Bonchev–Trinajstić information content (AvgIpc) is 3.14. The molecule has 0 saturated heterocycles. The fraction of sp³-hybridized carbons (Fsp3) is 0.360. The van der Waals surface area contributed by atoms with E-state index in [1.54, 1.807) is 0 Å². The third-order valence-corrected chi connectivity index (χ3v) is 6.84. The topological polar surface area (TPSA) is 48.4 Å². The Morgan fingerprint density at radius 1 is 1.06 bits per heavy atom. The first-order chi connectivity index (χ1) is 14.9. The van der Waals surface area contributed by atoms with Crippen LogP contribution in [0.25, 0.3) is 10.4 Å². The van der Waals surface area contributed by atoms with Crippen molar-refractivity contribution in [1.29, 1.82) is 0 Å². The highest BCUT2D eigenvalue weighted by molar-refractivity contribution is 7.10. The average molecular weight is 458 g/mol. The van der Waals surface area contributed by atoms with Gasteiger partial charge in [0, 0.05) is 12.0 Å². The number of nitrogens with zero attached hydrogens (tertiary/aromatic N) is 1. The maximum absolute atomic E-state index is 11.7. The van der Waals surface area contributed by atoms with Crippen molar-refractivity contribution < 1.29 is 14.3 Å². The monoisotopic (exact) mass is 457 g/mol. The van der Waals surface area contributed by atoms with Gasteiger partial charge in [0.25, 0.3) is 0 Å².